The van der Waals surface area contributed by atoms with Crippen molar-refractivity contribution in [2.75, 3.05) is 18.1 Å². The quantitative estimate of drug-likeness (QED) is 0.626. The molecule has 154 valence electrons. The topological polar surface area (TPSA) is 42.4 Å². The number of carbonyl (C=O) groups is 1. The molecule has 0 radical (unpaired) electrons. The molecule has 29 heavy (non-hydrogen) atoms. The summed E-state index contributed by atoms with van der Waals surface area (Å²) in [6.07, 6.45) is 9.52. The predicted molar refractivity (Wildman–Crippen MR) is 117 cm³/mol. The second-order valence-electron chi connectivity index (χ2n) is 9.86. The van der Waals surface area contributed by atoms with Gasteiger partial charge in [0.25, 0.3) is 0 Å². The lowest BCUT2D eigenvalue weighted by Gasteiger charge is -2.56. The molecule has 5 fully saturated rings. The van der Waals surface area contributed by atoms with Crippen LogP contribution in [0.1, 0.15) is 51.4 Å². The smallest absolute Gasteiger partial charge is 0.235 e. The number of anilines is 1. The monoisotopic (exact) mass is 430 g/mol. The van der Waals surface area contributed by atoms with Gasteiger partial charge in [0, 0.05) is 11.6 Å². The van der Waals surface area contributed by atoms with Gasteiger partial charge in [-0.3, -0.25) is 9.69 Å². The highest BCUT2D eigenvalue weighted by Crippen LogP contribution is 2.60. The number of amides is 1. The Labute approximate surface area is 180 Å². The number of hydrogen-bond donors (Lipinski definition) is 0. The minimum Gasteiger partial charge on any atom is -0.376 e. The first-order valence-electron chi connectivity index (χ1n) is 11.1. The van der Waals surface area contributed by atoms with Crippen molar-refractivity contribution in [3.63, 3.8) is 0 Å². The van der Waals surface area contributed by atoms with Crippen LogP contribution in [-0.2, 0) is 9.53 Å². The van der Waals surface area contributed by atoms with Crippen molar-refractivity contribution in [3.05, 3.63) is 23.2 Å². The molecule has 4 bridgehead atoms. The fourth-order valence-corrected chi connectivity index (χ4v) is 8.15. The molecule has 4 saturated carbocycles. The van der Waals surface area contributed by atoms with Crippen LogP contribution in [0.4, 0.5) is 5.13 Å². The van der Waals surface area contributed by atoms with Gasteiger partial charge in [-0.2, -0.15) is 0 Å². The summed E-state index contributed by atoms with van der Waals surface area (Å²) in [6, 6.07) is 5.79. The number of fused-ring (bicyclic) bond motifs is 1. The number of hydrogen-bond acceptors (Lipinski definition) is 4. The Bertz CT molecular complexity index is 916. The van der Waals surface area contributed by atoms with Gasteiger partial charge in [0.05, 0.1) is 28.3 Å². The summed E-state index contributed by atoms with van der Waals surface area (Å²) in [6.45, 7) is 1.44. The van der Waals surface area contributed by atoms with Gasteiger partial charge in [0.15, 0.2) is 5.13 Å². The SMILES string of the molecule is O=C(N(CC1CCCO1)c1nc2ccc(Cl)cc2s1)C12CC3CC(CC(C3)C1)C2. The van der Waals surface area contributed by atoms with Crippen LogP contribution in [0, 0.1) is 23.2 Å². The number of carbonyl (C=O) groups excluding carboxylic acids is 1. The van der Waals surface area contributed by atoms with E-state index in [2.05, 4.69) is 0 Å². The summed E-state index contributed by atoms with van der Waals surface area (Å²) in [4.78, 5) is 21.0. The zero-order chi connectivity index (χ0) is 19.6. The van der Waals surface area contributed by atoms with Crippen LogP contribution in [0.5, 0.6) is 0 Å². The molecule has 0 N–H and O–H groups in total. The highest BCUT2D eigenvalue weighted by molar-refractivity contribution is 7.22. The number of nitrogens with zero attached hydrogens (tertiary/aromatic N) is 2. The number of benzene rings is 1. The van der Waals surface area contributed by atoms with Crippen molar-refractivity contribution in [3.8, 4) is 0 Å². The Morgan fingerprint density at radius 3 is 2.59 bits per heavy atom. The summed E-state index contributed by atoms with van der Waals surface area (Å²) in [5.74, 6) is 2.58. The summed E-state index contributed by atoms with van der Waals surface area (Å²) in [5, 5.41) is 1.53. The molecule has 4 aliphatic carbocycles. The lowest BCUT2D eigenvalue weighted by molar-refractivity contribution is -0.143. The Kier molecular flexibility index (Phi) is 4.44. The van der Waals surface area contributed by atoms with E-state index < -0.39 is 0 Å². The van der Waals surface area contributed by atoms with Gasteiger partial charge in [-0.05, 0) is 87.3 Å². The third-order valence-electron chi connectivity index (χ3n) is 7.72. The minimum absolute atomic E-state index is 0.128. The van der Waals surface area contributed by atoms with E-state index in [0.29, 0.717) is 17.5 Å². The number of thiazole rings is 1. The maximum Gasteiger partial charge on any atom is 0.235 e. The van der Waals surface area contributed by atoms with Crippen LogP contribution in [0.25, 0.3) is 10.2 Å². The lowest BCUT2D eigenvalue weighted by atomic mass is 9.49. The molecular formula is C23H27ClN2O2S. The van der Waals surface area contributed by atoms with Crippen molar-refractivity contribution in [1.82, 2.24) is 4.98 Å². The number of rotatable bonds is 4. The van der Waals surface area contributed by atoms with Crippen molar-refractivity contribution in [1.29, 1.82) is 0 Å². The second-order valence-corrected chi connectivity index (χ2v) is 11.3. The largest absolute Gasteiger partial charge is 0.376 e. The molecular weight excluding hydrogens is 404 g/mol. The van der Waals surface area contributed by atoms with Crippen molar-refractivity contribution in [2.45, 2.75) is 57.5 Å². The summed E-state index contributed by atoms with van der Waals surface area (Å²) < 4.78 is 6.97. The standard InChI is InChI=1S/C23H27ClN2O2S/c24-17-3-4-19-20(9-17)29-22(25-19)26(13-18-2-1-5-28-18)21(27)23-10-14-6-15(11-23)8-16(7-14)12-23/h3-4,9,14-16,18H,1-2,5-8,10-13H2. The number of ether oxygens (including phenoxy) is 1. The minimum atomic E-state index is -0.164. The zero-order valence-corrected chi connectivity index (χ0v) is 18.2. The van der Waals surface area contributed by atoms with Crippen LogP contribution in [-0.4, -0.2) is 30.1 Å². The predicted octanol–water partition coefficient (Wildman–Crippen LogP) is 5.68. The average molecular weight is 431 g/mol. The van der Waals surface area contributed by atoms with E-state index in [9.17, 15) is 4.79 Å². The van der Waals surface area contributed by atoms with Gasteiger partial charge in [-0.15, -0.1) is 0 Å². The van der Waals surface area contributed by atoms with Crippen molar-refractivity contribution < 1.29 is 9.53 Å². The summed E-state index contributed by atoms with van der Waals surface area (Å²) in [5.41, 5.74) is 0.758. The molecule has 1 saturated heterocycles. The molecule has 1 aromatic heterocycles. The van der Waals surface area contributed by atoms with E-state index in [1.54, 1.807) is 11.3 Å². The molecule has 1 unspecified atom stereocenters. The Balaban J connectivity index is 1.37. The number of aromatic nitrogens is 1. The van der Waals surface area contributed by atoms with Gasteiger partial charge in [0.2, 0.25) is 5.91 Å². The van der Waals surface area contributed by atoms with Crippen molar-refractivity contribution >= 4 is 44.2 Å². The van der Waals surface area contributed by atoms with Crippen LogP contribution >= 0.6 is 22.9 Å². The molecule has 2 aromatic rings. The van der Waals surface area contributed by atoms with E-state index in [1.165, 1.54) is 19.3 Å². The Hall–Kier alpha value is -1.17. The molecule has 2 heterocycles. The van der Waals surface area contributed by atoms with Crippen molar-refractivity contribution in [2.24, 2.45) is 23.2 Å². The lowest BCUT2D eigenvalue weighted by Crippen LogP contribution is -2.55. The fraction of sp³-hybridized carbons (Fsp3) is 0.652. The molecule has 0 spiro atoms. The van der Waals surface area contributed by atoms with E-state index in [0.717, 1.165) is 71.8 Å². The first-order chi connectivity index (χ1) is 14.1. The van der Waals surface area contributed by atoms with Crippen LogP contribution in [0.2, 0.25) is 5.02 Å². The van der Waals surface area contributed by atoms with E-state index in [1.807, 2.05) is 23.1 Å². The molecule has 1 amide bonds. The van der Waals surface area contributed by atoms with Gasteiger partial charge in [0.1, 0.15) is 0 Å². The molecule has 7 rings (SSSR count). The number of halogens is 1. The highest BCUT2D eigenvalue weighted by Gasteiger charge is 2.56. The molecule has 4 nitrogen and oxygen atoms in total. The Morgan fingerprint density at radius 1 is 1.21 bits per heavy atom. The normalized spacial score (nSPS) is 35.5. The maximum atomic E-state index is 14.1. The average Bonchev–Trinajstić information content (AvgIpc) is 3.33. The molecule has 1 aliphatic heterocycles. The molecule has 6 heteroatoms. The maximum absolute atomic E-state index is 14.1. The fourth-order valence-electron chi connectivity index (χ4n) is 6.90. The van der Waals surface area contributed by atoms with Gasteiger partial charge in [-0.25, -0.2) is 4.98 Å². The van der Waals surface area contributed by atoms with E-state index in [-0.39, 0.29) is 11.5 Å². The zero-order valence-electron chi connectivity index (χ0n) is 16.6. The van der Waals surface area contributed by atoms with Gasteiger partial charge < -0.3 is 4.74 Å². The first kappa shape index (κ1) is 18.6. The van der Waals surface area contributed by atoms with Crippen LogP contribution in [0.15, 0.2) is 18.2 Å². The molecule has 1 atom stereocenters. The highest BCUT2D eigenvalue weighted by atomic mass is 35.5. The molecule has 5 aliphatic rings. The van der Waals surface area contributed by atoms with Gasteiger partial charge in [-0.1, -0.05) is 22.9 Å². The molecule has 1 aromatic carbocycles. The summed E-state index contributed by atoms with van der Waals surface area (Å²) in [7, 11) is 0. The van der Waals surface area contributed by atoms with E-state index >= 15 is 0 Å². The third kappa shape index (κ3) is 3.21. The van der Waals surface area contributed by atoms with E-state index in [4.69, 9.17) is 21.3 Å². The van der Waals surface area contributed by atoms with Crippen LogP contribution in [0.3, 0.4) is 0 Å². The van der Waals surface area contributed by atoms with Crippen LogP contribution < -0.4 is 4.90 Å². The summed E-state index contributed by atoms with van der Waals surface area (Å²) >= 11 is 7.79. The second kappa shape index (κ2) is 6.93. The van der Waals surface area contributed by atoms with Gasteiger partial charge >= 0.3 is 0 Å². The Morgan fingerprint density at radius 2 is 1.93 bits per heavy atom. The third-order valence-corrected chi connectivity index (χ3v) is 8.99. The first-order valence-corrected chi connectivity index (χ1v) is 12.3.